The normalized spacial score (nSPS) is 11.5. The van der Waals surface area contributed by atoms with Crippen LogP contribution in [0.25, 0.3) is 0 Å². The van der Waals surface area contributed by atoms with Crippen LogP contribution in [0.5, 0.6) is 0 Å². The van der Waals surface area contributed by atoms with Crippen LogP contribution in [0.2, 0.25) is 0 Å². The van der Waals surface area contributed by atoms with Crippen LogP contribution < -0.4 is 10.5 Å². The fraction of sp³-hybridized carbons (Fsp3) is 0.182. The molecule has 0 spiro atoms. The van der Waals surface area contributed by atoms with Crippen LogP contribution in [0.4, 0.5) is 15.8 Å². The highest BCUT2D eigenvalue weighted by molar-refractivity contribution is 7.92. The van der Waals surface area contributed by atoms with Gasteiger partial charge in [-0.05, 0) is 19.1 Å². The Morgan fingerprint density at radius 3 is 2.63 bits per heavy atom. The Kier molecular flexibility index (Phi) is 3.19. The summed E-state index contributed by atoms with van der Waals surface area (Å²) in [5.74, 6) is -0.661. The number of sulfonamides is 1. The zero-order chi connectivity index (χ0) is 14.2. The number of nitrogen functional groups attached to an aromatic ring is 1. The second-order valence-corrected chi connectivity index (χ2v) is 5.81. The monoisotopic (exact) mass is 284 g/mol. The predicted octanol–water partition coefficient (Wildman–Crippen LogP) is 1.25. The number of nitrogens with one attached hydrogen (secondary N) is 1. The smallest absolute Gasteiger partial charge is 0.262 e. The third kappa shape index (κ3) is 2.68. The molecule has 102 valence electrons. The average molecular weight is 284 g/mol. The maximum Gasteiger partial charge on any atom is 0.262 e. The van der Waals surface area contributed by atoms with Crippen molar-refractivity contribution in [1.82, 2.24) is 9.78 Å². The lowest BCUT2D eigenvalue weighted by Crippen LogP contribution is -2.13. The minimum absolute atomic E-state index is 0.0894. The van der Waals surface area contributed by atoms with Crippen molar-refractivity contribution < 1.29 is 12.8 Å². The van der Waals surface area contributed by atoms with Crippen LogP contribution in [0.15, 0.2) is 29.4 Å². The SMILES string of the molecule is Cc1c(N)cc(S(=O)(=O)Nc2cnn(C)c2)cc1F. The number of halogens is 1. The number of hydrogen-bond acceptors (Lipinski definition) is 4. The van der Waals surface area contributed by atoms with Crippen molar-refractivity contribution >= 4 is 21.4 Å². The van der Waals surface area contributed by atoms with Crippen molar-refractivity contribution in [2.45, 2.75) is 11.8 Å². The average Bonchev–Trinajstić information content (AvgIpc) is 2.70. The minimum Gasteiger partial charge on any atom is -0.398 e. The van der Waals surface area contributed by atoms with Gasteiger partial charge in [-0.25, -0.2) is 12.8 Å². The zero-order valence-electron chi connectivity index (χ0n) is 10.4. The Morgan fingerprint density at radius 1 is 1.42 bits per heavy atom. The highest BCUT2D eigenvalue weighted by Gasteiger charge is 2.18. The first kappa shape index (κ1) is 13.3. The van der Waals surface area contributed by atoms with Crippen molar-refractivity contribution in [3.8, 4) is 0 Å². The summed E-state index contributed by atoms with van der Waals surface area (Å²) in [5.41, 5.74) is 6.17. The van der Waals surface area contributed by atoms with E-state index in [2.05, 4.69) is 9.82 Å². The lowest BCUT2D eigenvalue weighted by molar-refractivity contribution is 0.593. The molecule has 8 heteroatoms. The molecule has 0 fully saturated rings. The van der Waals surface area contributed by atoms with Gasteiger partial charge in [0, 0.05) is 24.5 Å². The summed E-state index contributed by atoms with van der Waals surface area (Å²) in [4.78, 5) is -0.225. The largest absolute Gasteiger partial charge is 0.398 e. The number of aryl methyl sites for hydroxylation is 1. The highest BCUT2D eigenvalue weighted by atomic mass is 32.2. The molecule has 0 bridgehead atoms. The molecule has 2 aromatic rings. The first-order chi connectivity index (χ1) is 8.79. The van der Waals surface area contributed by atoms with Gasteiger partial charge < -0.3 is 5.73 Å². The molecule has 0 unspecified atom stereocenters. The summed E-state index contributed by atoms with van der Waals surface area (Å²) in [7, 11) is -2.23. The molecule has 2 rings (SSSR count). The molecule has 0 saturated carbocycles. The molecule has 0 radical (unpaired) electrons. The summed E-state index contributed by atoms with van der Waals surface area (Å²) in [6.45, 7) is 1.48. The number of aromatic nitrogens is 2. The maximum atomic E-state index is 13.5. The molecule has 0 atom stereocenters. The highest BCUT2D eigenvalue weighted by Crippen LogP contribution is 2.22. The number of nitrogens with zero attached hydrogens (tertiary/aromatic N) is 2. The van der Waals surface area contributed by atoms with Crippen molar-refractivity contribution in [1.29, 1.82) is 0 Å². The van der Waals surface area contributed by atoms with Gasteiger partial charge in [0.25, 0.3) is 10.0 Å². The Hall–Kier alpha value is -2.09. The lowest BCUT2D eigenvalue weighted by Gasteiger charge is -2.09. The van der Waals surface area contributed by atoms with E-state index in [0.29, 0.717) is 5.69 Å². The Morgan fingerprint density at radius 2 is 2.11 bits per heavy atom. The standard InChI is InChI=1S/C11H13FN4O2S/c1-7-10(12)3-9(4-11(7)13)19(17,18)15-8-5-14-16(2)6-8/h3-6,15H,13H2,1-2H3. The van der Waals surface area contributed by atoms with Gasteiger partial charge in [0.05, 0.1) is 16.8 Å². The quantitative estimate of drug-likeness (QED) is 0.830. The zero-order valence-corrected chi connectivity index (χ0v) is 11.2. The van der Waals surface area contributed by atoms with Crippen molar-refractivity contribution in [3.63, 3.8) is 0 Å². The second kappa shape index (κ2) is 4.54. The number of nitrogens with two attached hydrogens (primary N) is 1. The molecule has 3 N–H and O–H groups in total. The van der Waals surface area contributed by atoms with E-state index in [-0.39, 0.29) is 16.1 Å². The van der Waals surface area contributed by atoms with Gasteiger partial charge in [0.2, 0.25) is 0 Å². The summed E-state index contributed by atoms with van der Waals surface area (Å²) in [6, 6.07) is 2.15. The molecule has 0 aliphatic carbocycles. The van der Waals surface area contributed by atoms with E-state index in [0.717, 1.165) is 6.07 Å². The molecule has 0 aliphatic rings. The summed E-state index contributed by atoms with van der Waals surface area (Å²) >= 11 is 0. The Bertz CT molecular complexity index is 701. The van der Waals surface area contributed by atoms with E-state index in [9.17, 15) is 12.8 Å². The van der Waals surface area contributed by atoms with Crippen LogP contribution in [-0.2, 0) is 17.1 Å². The number of benzene rings is 1. The van der Waals surface area contributed by atoms with Crippen LogP contribution in [-0.4, -0.2) is 18.2 Å². The first-order valence-corrected chi connectivity index (χ1v) is 6.85. The van der Waals surface area contributed by atoms with Gasteiger partial charge >= 0.3 is 0 Å². The van der Waals surface area contributed by atoms with Gasteiger partial charge in [-0.3, -0.25) is 9.40 Å². The predicted molar refractivity (Wildman–Crippen MR) is 69.6 cm³/mol. The van der Waals surface area contributed by atoms with Crippen molar-refractivity contribution in [2.24, 2.45) is 7.05 Å². The Balaban J connectivity index is 2.40. The topological polar surface area (TPSA) is 90.0 Å². The van der Waals surface area contributed by atoms with Crippen LogP contribution >= 0.6 is 0 Å². The molecule has 6 nitrogen and oxygen atoms in total. The van der Waals surface area contributed by atoms with Crippen molar-refractivity contribution in [3.05, 3.63) is 35.9 Å². The number of anilines is 2. The summed E-state index contributed by atoms with van der Waals surface area (Å²) in [6.07, 6.45) is 2.84. The molecule has 1 heterocycles. The molecule has 19 heavy (non-hydrogen) atoms. The minimum atomic E-state index is -3.89. The summed E-state index contributed by atoms with van der Waals surface area (Å²) in [5, 5.41) is 3.83. The van der Waals surface area contributed by atoms with Gasteiger partial charge in [-0.1, -0.05) is 0 Å². The van der Waals surface area contributed by atoms with Crippen LogP contribution in [0, 0.1) is 12.7 Å². The number of rotatable bonds is 3. The van der Waals surface area contributed by atoms with E-state index in [1.54, 1.807) is 7.05 Å². The van der Waals surface area contributed by atoms with E-state index >= 15 is 0 Å². The van der Waals surface area contributed by atoms with E-state index in [1.807, 2.05) is 0 Å². The third-order valence-electron chi connectivity index (χ3n) is 2.63. The van der Waals surface area contributed by atoms with Crippen LogP contribution in [0.3, 0.4) is 0 Å². The molecule has 0 aliphatic heterocycles. The lowest BCUT2D eigenvalue weighted by atomic mass is 10.2. The molecule has 1 aromatic heterocycles. The first-order valence-electron chi connectivity index (χ1n) is 5.36. The Labute approximate surface area is 110 Å². The molecule has 0 amide bonds. The molecular formula is C11H13FN4O2S. The van der Waals surface area contributed by atoms with Gasteiger partial charge in [0.1, 0.15) is 5.82 Å². The molecule has 0 saturated heterocycles. The third-order valence-corrected chi connectivity index (χ3v) is 3.99. The van der Waals surface area contributed by atoms with Gasteiger partial charge in [0.15, 0.2) is 0 Å². The van der Waals surface area contributed by atoms with Crippen LogP contribution in [0.1, 0.15) is 5.56 Å². The maximum absolute atomic E-state index is 13.5. The second-order valence-electron chi connectivity index (χ2n) is 4.13. The van der Waals surface area contributed by atoms with Gasteiger partial charge in [-0.2, -0.15) is 5.10 Å². The van der Waals surface area contributed by atoms with E-state index in [1.165, 1.54) is 30.1 Å². The fourth-order valence-electron chi connectivity index (χ4n) is 1.52. The van der Waals surface area contributed by atoms with Crippen molar-refractivity contribution in [2.75, 3.05) is 10.5 Å². The fourth-order valence-corrected chi connectivity index (χ4v) is 2.59. The molecule has 1 aromatic carbocycles. The summed E-state index contributed by atoms with van der Waals surface area (Å²) < 4.78 is 41.4. The van der Waals surface area contributed by atoms with Gasteiger partial charge in [-0.15, -0.1) is 0 Å². The number of hydrogen-bond donors (Lipinski definition) is 2. The van der Waals surface area contributed by atoms with E-state index < -0.39 is 15.8 Å². The molecular weight excluding hydrogens is 271 g/mol. The van der Waals surface area contributed by atoms with E-state index in [4.69, 9.17) is 5.73 Å².